The van der Waals surface area contributed by atoms with Gasteiger partial charge in [0.05, 0.1) is 5.52 Å². The van der Waals surface area contributed by atoms with Gasteiger partial charge in [0.1, 0.15) is 12.0 Å². The van der Waals surface area contributed by atoms with Gasteiger partial charge in [-0.25, -0.2) is 9.97 Å². The van der Waals surface area contributed by atoms with Crippen LogP contribution in [0.3, 0.4) is 0 Å². The van der Waals surface area contributed by atoms with Crippen molar-refractivity contribution in [2.24, 2.45) is 5.92 Å². The second-order valence-electron chi connectivity index (χ2n) is 4.68. The normalized spacial score (nSPS) is 10.8. The van der Waals surface area contributed by atoms with Gasteiger partial charge in [0.15, 0.2) is 0 Å². The molecule has 0 unspecified atom stereocenters. The molecule has 0 bridgehead atoms. The van der Waals surface area contributed by atoms with E-state index in [4.69, 9.17) is 0 Å². The van der Waals surface area contributed by atoms with Crippen molar-refractivity contribution in [2.45, 2.75) is 20.3 Å². The van der Waals surface area contributed by atoms with Crippen molar-refractivity contribution in [3.8, 4) is 0 Å². The average Bonchev–Trinajstić information content (AvgIpc) is 2.37. The molecule has 2 rings (SSSR count). The first-order valence-corrected chi connectivity index (χ1v) is 6.16. The predicted octanol–water partition coefficient (Wildman–Crippen LogP) is 2.41. The van der Waals surface area contributed by atoms with Gasteiger partial charge in [-0.15, -0.1) is 0 Å². The molecule has 0 aliphatic carbocycles. The van der Waals surface area contributed by atoms with Gasteiger partial charge in [0, 0.05) is 11.9 Å². The van der Waals surface area contributed by atoms with Crippen LogP contribution in [0.15, 0.2) is 30.6 Å². The van der Waals surface area contributed by atoms with Crippen LogP contribution < -0.4 is 5.32 Å². The molecule has 1 heterocycles. The molecule has 0 radical (unpaired) electrons. The van der Waals surface area contributed by atoms with Crippen LogP contribution in [-0.4, -0.2) is 22.4 Å². The number of aromatic nitrogens is 2. The smallest absolute Gasteiger partial charge is 0.270 e. The third-order valence-corrected chi connectivity index (χ3v) is 2.77. The van der Waals surface area contributed by atoms with E-state index >= 15 is 0 Å². The maximum absolute atomic E-state index is 12.0. The van der Waals surface area contributed by atoms with Crippen LogP contribution in [0.5, 0.6) is 0 Å². The van der Waals surface area contributed by atoms with E-state index in [1.54, 1.807) is 0 Å². The fourth-order valence-corrected chi connectivity index (χ4v) is 1.74. The van der Waals surface area contributed by atoms with Crippen molar-refractivity contribution in [2.75, 3.05) is 6.54 Å². The number of para-hydroxylation sites is 1. The van der Waals surface area contributed by atoms with Gasteiger partial charge >= 0.3 is 0 Å². The summed E-state index contributed by atoms with van der Waals surface area (Å²) in [6.07, 6.45) is 2.40. The van der Waals surface area contributed by atoms with Gasteiger partial charge in [-0.3, -0.25) is 4.79 Å². The molecule has 4 nitrogen and oxygen atoms in total. The van der Waals surface area contributed by atoms with Gasteiger partial charge in [-0.2, -0.15) is 0 Å². The summed E-state index contributed by atoms with van der Waals surface area (Å²) in [5, 5.41) is 3.69. The summed E-state index contributed by atoms with van der Waals surface area (Å²) in [7, 11) is 0. The van der Waals surface area contributed by atoms with Crippen LogP contribution in [0.25, 0.3) is 10.9 Å². The Morgan fingerprint density at radius 3 is 2.83 bits per heavy atom. The Morgan fingerprint density at radius 2 is 2.06 bits per heavy atom. The van der Waals surface area contributed by atoms with E-state index in [0.29, 0.717) is 18.2 Å². The van der Waals surface area contributed by atoms with Gasteiger partial charge in [0.2, 0.25) is 0 Å². The van der Waals surface area contributed by atoms with Crippen molar-refractivity contribution in [1.29, 1.82) is 0 Å². The Labute approximate surface area is 106 Å². The molecular weight excluding hydrogens is 226 g/mol. The quantitative estimate of drug-likeness (QED) is 0.897. The highest BCUT2D eigenvalue weighted by atomic mass is 16.1. The molecule has 1 aromatic carbocycles. The Balaban J connectivity index is 2.17. The van der Waals surface area contributed by atoms with E-state index in [-0.39, 0.29) is 5.91 Å². The number of carbonyl (C=O) groups excluding carboxylic acids is 1. The molecule has 0 aliphatic rings. The lowest BCUT2D eigenvalue weighted by Crippen LogP contribution is -2.26. The van der Waals surface area contributed by atoms with E-state index in [9.17, 15) is 4.79 Å². The number of amides is 1. The summed E-state index contributed by atoms with van der Waals surface area (Å²) < 4.78 is 0. The van der Waals surface area contributed by atoms with Crippen LogP contribution >= 0.6 is 0 Å². The van der Waals surface area contributed by atoms with Crippen molar-refractivity contribution in [1.82, 2.24) is 15.3 Å². The molecule has 0 spiro atoms. The lowest BCUT2D eigenvalue weighted by molar-refractivity contribution is 0.0948. The highest BCUT2D eigenvalue weighted by Gasteiger charge is 2.11. The highest BCUT2D eigenvalue weighted by molar-refractivity contribution is 6.04. The topological polar surface area (TPSA) is 54.9 Å². The van der Waals surface area contributed by atoms with Crippen LogP contribution in [0.2, 0.25) is 0 Å². The molecule has 18 heavy (non-hydrogen) atoms. The largest absolute Gasteiger partial charge is 0.351 e. The van der Waals surface area contributed by atoms with Gasteiger partial charge < -0.3 is 5.32 Å². The summed E-state index contributed by atoms with van der Waals surface area (Å²) in [6, 6.07) is 7.53. The number of nitrogens with zero attached hydrogens (tertiary/aromatic N) is 2. The Morgan fingerprint density at radius 1 is 1.28 bits per heavy atom. The summed E-state index contributed by atoms with van der Waals surface area (Å²) in [4.78, 5) is 20.3. The molecular formula is C14H17N3O. The third kappa shape index (κ3) is 2.83. The highest BCUT2D eigenvalue weighted by Crippen LogP contribution is 2.13. The molecule has 0 saturated carbocycles. The van der Waals surface area contributed by atoms with E-state index in [1.165, 1.54) is 6.33 Å². The van der Waals surface area contributed by atoms with Crippen molar-refractivity contribution in [3.63, 3.8) is 0 Å². The van der Waals surface area contributed by atoms with E-state index in [1.807, 2.05) is 24.3 Å². The minimum Gasteiger partial charge on any atom is -0.351 e. The van der Waals surface area contributed by atoms with Crippen LogP contribution in [0, 0.1) is 5.92 Å². The monoisotopic (exact) mass is 243 g/mol. The first-order valence-electron chi connectivity index (χ1n) is 6.16. The fraction of sp³-hybridized carbons (Fsp3) is 0.357. The predicted molar refractivity (Wildman–Crippen MR) is 71.3 cm³/mol. The maximum Gasteiger partial charge on any atom is 0.270 e. The van der Waals surface area contributed by atoms with Crippen LogP contribution in [0.4, 0.5) is 0 Å². The van der Waals surface area contributed by atoms with Crippen LogP contribution in [0.1, 0.15) is 30.8 Å². The number of benzene rings is 1. The summed E-state index contributed by atoms with van der Waals surface area (Å²) in [6.45, 7) is 4.94. The van der Waals surface area contributed by atoms with E-state index in [0.717, 1.165) is 17.3 Å². The summed E-state index contributed by atoms with van der Waals surface area (Å²) >= 11 is 0. The molecule has 4 heteroatoms. The maximum atomic E-state index is 12.0. The Hall–Kier alpha value is -1.97. The number of hydrogen-bond acceptors (Lipinski definition) is 3. The zero-order valence-electron chi connectivity index (χ0n) is 10.7. The lowest BCUT2D eigenvalue weighted by Gasteiger charge is -2.08. The summed E-state index contributed by atoms with van der Waals surface area (Å²) in [5.74, 6) is 0.446. The summed E-state index contributed by atoms with van der Waals surface area (Å²) in [5.41, 5.74) is 1.24. The van der Waals surface area contributed by atoms with Gasteiger partial charge in [-0.1, -0.05) is 32.0 Å². The first-order chi connectivity index (χ1) is 8.68. The van der Waals surface area contributed by atoms with Crippen molar-refractivity contribution in [3.05, 3.63) is 36.3 Å². The molecule has 2 aromatic rings. The standard InChI is InChI=1S/C14H17N3O/c1-10(2)7-8-15-14(18)13-11-5-3-4-6-12(11)16-9-17-13/h3-6,9-10H,7-8H2,1-2H3,(H,15,18). The number of nitrogens with one attached hydrogen (secondary N) is 1. The zero-order chi connectivity index (χ0) is 13.0. The van der Waals surface area contributed by atoms with Crippen molar-refractivity contribution >= 4 is 16.8 Å². The van der Waals surface area contributed by atoms with Crippen LogP contribution in [-0.2, 0) is 0 Å². The minimum absolute atomic E-state index is 0.130. The number of rotatable bonds is 4. The SMILES string of the molecule is CC(C)CCNC(=O)c1ncnc2ccccc12. The molecule has 0 saturated heterocycles. The molecule has 0 atom stereocenters. The molecule has 1 amide bonds. The lowest BCUT2D eigenvalue weighted by atomic mass is 10.1. The molecule has 1 aromatic heterocycles. The number of hydrogen-bond donors (Lipinski definition) is 1. The Kier molecular flexibility index (Phi) is 3.87. The van der Waals surface area contributed by atoms with Gasteiger partial charge in [0.25, 0.3) is 5.91 Å². The number of fused-ring (bicyclic) bond motifs is 1. The molecule has 0 fully saturated rings. The first kappa shape index (κ1) is 12.5. The molecule has 1 N–H and O–H groups in total. The second kappa shape index (κ2) is 5.58. The second-order valence-corrected chi connectivity index (χ2v) is 4.68. The molecule has 0 aliphatic heterocycles. The van der Waals surface area contributed by atoms with E-state index in [2.05, 4.69) is 29.1 Å². The third-order valence-electron chi connectivity index (χ3n) is 2.77. The number of carbonyl (C=O) groups is 1. The minimum atomic E-state index is -0.130. The zero-order valence-corrected chi connectivity index (χ0v) is 10.7. The molecule has 94 valence electrons. The average molecular weight is 243 g/mol. The van der Waals surface area contributed by atoms with Gasteiger partial charge in [-0.05, 0) is 18.4 Å². The Bertz CT molecular complexity index is 546. The van der Waals surface area contributed by atoms with Crippen molar-refractivity contribution < 1.29 is 4.79 Å². The fourth-order valence-electron chi connectivity index (χ4n) is 1.74. The van der Waals surface area contributed by atoms with E-state index < -0.39 is 0 Å².